The number of hydrogen-bond acceptors (Lipinski definition) is 5. The fourth-order valence-electron chi connectivity index (χ4n) is 3.02. The first kappa shape index (κ1) is 23.8. The summed E-state index contributed by atoms with van der Waals surface area (Å²) in [6.07, 6.45) is 0. The molecule has 0 radical (unpaired) electrons. The average Bonchev–Trinajstić information content (AvgIpc) is 2.66. The minimum atomic E-state index is 0. The molecule has 2 rings (SSSR count). The van der Waals surface area contributed by atoms with E-state index in [-0.39, 0.29) is 24.0 Å². The van der Waals surface area contributed by atoms with Crippen LogP contribution in [0.4, 0.5) is 0 Å². The molecule has 0 amide bonds. The molecular weight excluding hydrogens is 457 g/mol. The van der Waals surface area contributed by atoms with Crippen molar-refractivity contribution < 1.29 is 9.47 Å². The van der Waals surface area contributed by atoms with Gasteiger partial charge in [-0.2, -0.15) is 0 Å². The van der Waals surface area contributed by atoms with Gasteiger partial charge < -0.3 is 25.0 Å². The van der Waals surface area contributed by atoms with Crippen molar-refractivity contribution in [1.29, 1.82) is 0 Å². The Morgan fingerprint density at radius 2 is 1.96 bits per heavy atom. The van der Waals surface area contributed by atoms with Crippen LogP contribution in [0, 0.1) is 0 Å². The largest absolute Gasteiger partial charge is 0.497 e. The summed E-state index contributed by atoms with van der Waals surface area (Å²) >= 11 is 0. The van der Waals surface area contributed by atoms with Crippen molar-refractivity contribution in [2.45, 2.75) is 19.5 Å². The number of halogens is 1. The van der Waals surface area contributed by atoms with Crippen molar-refractivity contribution in [3.05, 3.63) is 23.8 Å². The molecular formula is C19H34IN5O2. The number of piperazine rings is 1. The highest BCUT2D eigenvalue weighted by molar-refractivity contribution is 14.0. The summed E-state index contributed by atoms with van der Waals surface area (Å²) in [5.41, 5.74) is 1.03. The zero-order valence-electron chi connectivity index (χ0n) is 17.1. The second-order valence-electron chi connectivity index (χ2n) is 6.65. The SMILES string of the molecule is CCNC(=NCc1ccc(OC)cc1OC)NCC1CN(C)CCN1C.I. The Labute approximate surface area is 180 Å². The van der Waals surface area contributed by atoms with Gasteiger partial charge in [-0.25, -0.2) is 4.99 Å². The second kappa shape index (κ2) is 12.2. The second-order valence-corrected chi connectivity index (χ2v) is 6.65. The quantitative estimate of drug-likeness (QED) is 0.344. The average molecular weight is 491 g/mol. The third-order valence-electron chi connectivity index (χ3n) is 4.73. The Morgan fingerprint density at radius 3 is 2.63 bits per heavy atom. The number of nitrogens with zero attached hydrogens (tertiary/aromatic N) is 3. The lowest BCUT2D eigenvalue weighted by molar-refractivity contribution is 0.116. The van der Waals surface area contributed by atoms with Gasteiger partial charge in [0.2, 0.25) is 0 Å². The number of rotatable bonds is 7. The molecule has 1 aliphatic heterocycles. The number of hydrogen-bond donors (Lipinski definition) is 2. The summed E-state index contributed by atoms with van der Waals surface area (Å²) in [6.45, 7) is 7.60. The molecule has 154 valence electrons. The number of benzene rings is 1. The van der Waals surface area contributed by atoms with Crippen molar-refractivity contribution in [2.24, 2.45) is 4.99 Å². The van der Waals surface area contributed by atoms with Crippen LogP contribution < -0.4 is 20.1 Å². The minimum absolute atomic E-state index is 0. The molecule has 1 aromatic carbocycles. The lowest BCUT2D eigenvalue weighted by Crippen LogP contribution is -2.55. The molecule has 1 fully saturated rings. The van der Waals surface area contributed by atoms with Crippen molar-refractivity contribution in [3.8, 4) is 11.5 Å². The number of methoxy groups -OCH3 is 2. The number of aliphatic imine (C=N–C) groups is 1. The van der Waals surface area contributed by atoms with Crippen LogP contribution in [0.5, 0.6) is 11.5 Å². The molecule has 0 bridgehead atoms. The molecule has 8 heteroatoms. The number of ether oxygens (including phenoxy) is 2. The van der Waals surface area contributed by atoms with Crippen LogP contribution in [0.2, 0.25) is 0 Å². The van der Waals surface area contributed by atoms with Gasteiger partial charge in [0.15, 0.2) is 5.96 Å². The monoisotopic (exact) mass is 491 g/mol. The minimum Gasteiger partial charge on any atom is -0.497 e. The van der Waals surface area contributed by atoms with Gasteiger partial charge in [0.05, 0.1) is 20.8 Å². The maximum absolute atomic E-state index is 5.46. The molecule has 1 aliphatic rings. The van der Waals surface area contributed by atoms with Gasteiger partial charge in [0.25, 0.3) is 0 Å². The summed E-state index contributed by atoms with van der Waals surface area (Å²) < 4.78 is 10.7. The van der Waals surface area contributed by atoms with E-state index in [1.165, 1.54) is 0 Å². The molecule has 1 heterocycles. The highest BCUT2D eigenvalue weighted by Crippen LogP contribution is 2.25. The third-order valence-corrected chi connectivity index (χ3v) is 4.73. The van der Waals surface area contributed by atoms with Crippen LogP contribution >= 0.6 is 24.0 Å². The number of likely N-dealkylation sites (N-methyl/N-ethyl adjacent to an activating group) is 2. The molecule has 2 N–H and O–H groups in total. The van der Waals surface area contributed by atoms with Crippen LogP contribution in [0.1, 0.15) is 12.5 Å². The molecule has 0 saturated carbocycles. The predicted molar refractivity (Wildman–Crippen MR) is 122 cm³/mol. The smallest absolute Gasteiger partial charge is 0.191 e. The molecule has 1 atom stereocenters. The van der Waals surface area contributed by atoms with Crippen LogP contribution in [0.15, 0.2) is 23.2 Å². The third kappa shape index (κ3) is 7.34. The predicted octanol–water partition coefficient (Wildman–Crippen LogP) is 1.62. The van der Waals surface area contributed by atoms with Gasteiger partial charge in [-0.15, -0.1) is 24.0 Å². The van der Waals surface area contributed by atoms with E-state index in [4.69, 9.17) is 14.5 Å². The number of guanidine groups is 1. The zero-order valence-corrected chi connectivity index (χ0v) is 19.4. The summed E-state index contributed by atoms with van der Waals surface area (Å²) in [5.74, 6) is 2.40. The van der Waals surface area contributed by atoms with E-state index < -0.39 is 0 Å². The fraction of sp³-hybridized carbons (Fsp3) is 0.632. The van der Waals surface area contributed by atoms with Gasteiger partial charge in [-0.3, -0.25) is 4.90 Å². The maximum atomic E-state index is 5.46. The molecule has 1 aromatic rings. The van der Waals surface area contributed by atoms with E-state index in [1.807, 2.05) is 18.2 Å². The van der Waals surface area contributed by atoms with E-state index in [0.29, 0.717) is 12.6 Å². The van der Waals surface area contributed by atoms with Gasteiger partial charge >= 0.3 is 0 Å². The molecule has 7 nitrogen and oxygen atoms in total. The fourth-order valence-corrected chi connectivity index (χ4v) is 3.02. The topological polar surface area (TPSA) is 61.4 Å². The van der Waals surface area contributed by atoms with Crippen LogP contribution in [-0.2, 0) is 6.54 Å². The Balaban J connectivity index is 0.00000364. The highest BCUT2D eigenvalue weighted by Gasteiger charge is 2.22. The van der Waals surface area contributed by atoms with Crippen LogP contribution in [-0.4, -0.2) is 82.8 Å². The van der Waals surface area contributed by atoms with Crippen LogP contribution in [0.25, 0.3) is 0 Å². The normalized spacial score (nSPS) is 18.6. The first-order valence-electron chi connectivity index (χ1n) is 9.19. The van der Waals surface area contributed by atoms with Crippen molar-refractivity contribution in [3.63, 3.8) is 0 Å². The van der Waals surface area contributed by atoms with Gasteiger partial charge in [-0.1, -0.05) is 0 Å². The lowest BCUT2D eigenvalue weighted by atomic mass is 10.2. The molecule has 0 aliphatic carbocycles. The maximum Gasteiger partial charge on any atom is 0.191 e. The molecule has 27 heavy (non-hydrogen) atoms. The molecule has 0 spiro atoms. The summed E-state index contributed by atoms with van der Waals surface area (Å²) in [4.78, 5) is 9.50. The summed E-state index contributed by atoms with van der Waals surface area (Å²) in [6, 6.07) is 6.29. The van der Waals surface area contributed by atoms with Gasteiger partial charge in [0.1, 0.15) is 11.5 Å². The highest BCUT2D eigenvalue weighted by atomic mass is 127. The molecule has 0 aromatic heterocycles. The first-order chi connectivity index (χ1) is 12.6. The Morgan fingerprint density at radius 1 is 1.19 bits per heavy atom. The van der Waals surface area contributed by atoms with E-state index in [1.54, 1.807) is 14.2 Å². The Hall–Kier alpha value is -1.26. The van der Waals surface area contributed by atoms with Crippen LogP contribution in [0.3, 0.4) is 0 Å². The van der Waals surface area contributed by atoms with Gasteiger partial charge in [-0.05, 0) is 33.2 Å². The van der Waals surface area contributed by atoms with E-state index in [9.17, 15) is 0 Å². The Kier molecular flexibility index (Phi) is 10.8. The molecule has 1 saturated heterocycles. The van der Waals surface area contributed by atoms with Crippen molar-refractivity contribution in [2.75, 3.05) is 61.0 Å². The zero-order chi connectivity index (χ0) is 18.9. The molecule has 1 unspecified atom stereocenters. The first-order valence-corrected chi connectivity index (χ1v) is 9.19. The van der Waals surface area contributed by atoms with Crippen molar-refractivity contribution in [1.82, 2.24) is 20.4 Å². The van der Waals surface area contributed by atoms with E-state index >= 15 is 0 Å². The number of nitrogens with one attached hydrogen (secondary N) is 2. The standard InChI is InChI=1S/C19H33N5O2.HI/c1-6-20-19(22-13-16-14-23(2)9-10-24(16)3)21-12-15-7-8-17(25-4)11-18(15)26-5;/h7-8,11,16H,6,9-10,12-14H2,1-5H3,(H2,20,21,22);1H. The Bertz CT molecular complexity index is 599. The lowest BCUT2D eigenvalue weighted by Gasteiger charge is -2.37. The summed E-state index contributed by atoms with van der Waals surface area (Å²) in [7, 11) is 7.68. The summed E-state index contributed by atoms with van der Waals surface area (Å²) in [5, 5.41) is 6.80. The van der Waals surface area contributed by atoms with Crippen molar-refractivity contribution >= 4 is 29.9 Å². The van der Waals surface area contributed by atoms with E-state index in [2.05, 4.69) is 41.5 Å². The van der Waals surface area contributed by atoms with E-state index in [0.717, 1.165) is 55.7 Å². The van der Waals surface area contributed by atoms with Gasteiger partial charge in [0, 0.05) is 50.4 Å².